The molecule has 0 spiro atoms. The van der Waals surface area contributed by atoms with Crippen LogP contribution in [-0.4, -0.2) is 37.0 Å². The summed E-state index contributed by atoms with van der Waals surface area (Å²) < 4.78 is 0. The molecule has 1 atom stereocenters. The van der Waals surface area contributed by atoms with Gasteiger partial charge in [-0.05, 0) is 56.4 Å². The van der Waals surface area contributed by atoms with Crippen LogP contribution in [0.4, 0.5) is 5.69 Å². The molecule has 1 amide bonds. The molecule has 0 saturated carbocycles. The van der Waals surface area contributed by atoms with Gasteiger partial charge in [0.2, 0.25) is 0 Å². The van der Waals surface area contributed by atoms with E-state index in [2.05, 4.69) is 11.9 Å². The Balaban J connectivity index is 1.94. The monoisotopic (exact) mass is 314 g/mol. The summed E-state index contributed by atoms with van der Waals surface area (Å²) in [4.78, 5) is 17.2. The van der Waals surface area contributed by atoms with Crippen molar-refractivity contribution < 1.29 is 4.79 Å². The molecule has 4 heteroatoms. The third-order valence-electron chi connectivity index (χ3n) is 4.08. The summed E-state index contributed by atoms with van der Waals surface area (Å²) in [5, 5.41) is 0.642. The molecular weight excluding hydrogens is 296 g/mol. The molecule has 1 fully saturated rings. The van der Waals surface area contributed by atoms with Crippen molar-refractivity contribution in [3.05, 3.63) is 65.2 Å². The lowest BCUT2D eigenvalue weighted by Gasteiger charge is -2.29. The van der Waals surface area contributed by atoms with Crippen molar-refractivity contribution in [3.63, 3.8) is 0 Å². The van der Waals surface area contributed by atoms with E-state index in [4.69, 9.17) is 11.6 Å². The maximum absolute atomic E-state index is 13.0. The Labute approximate surface area is 136 Å². The Morgan fingerprint density at radius 2 is 1.82 bits per heavy atom. The highest BCUT2D eigenvalue weighted by Gasteiger charge is 2.30. The van der Waals surface area contributed by atoms with Crippen LogP contribution < -0.4 is 4.90 Å². The number of nitrogens with zero attached hydrogens (tertiary/aromatic N) is 2. The highest BCUT2D eigenvalue weighted by atomic mass is 35.5. The van der Waals surface area contributed by atoms with Gasteiger partial charge in [-0.15, -0.1) is 0 Å². The van der Waals surface area contributed by atoms with Crippen molar-refractivity contribution in [1.82, 2.24) is 4.90 Å². The predicted octanol–water partition coefficient (Wildman–Crippen LogP) is 3.69. The molecule has 0 aliphatic carbocycles. The van der Waals surface area contributed by atoms with Crippen LogP contribution in [0.15, 0.2) is 54.6 Å². The predicted molar refractivity (Wildman–Crippen MR) is 90.6 cm³/mol. The number of likely N-dealkylation sites (tertiary alicyclic amines) is 1. The van der Waals surface area contributed by atoms with Crippen LogP contribution >= 0.6 is 11.6 Å². The van der Waals surface area contributed by atoms with Gasteiger partial charge in [0, 0.05) is 22.8 Å². The lowest BCUT2D eigenvalue weighted by molar-refractivity contribution is 0.0977. The number of carbonyl (C=O) groups excluding carboxylic acids is 1. The van der Waals surface area contributed by atoms with Gasteiger partial charge in [0.15, 0.2) is 0 Å². The molecule has 1 aliphatic rings. The van der Waals surface area contributed by atoms with Crippen LogP contribution in [0.2, 0.25) is 5.02 Å². The molecule has 3 nitrogen and oxygen atoms in total. The number of carbonyl (C=O) groups is 1. The Bertz CT molecular complexity index is 642. The summed E-state index contributed by atoms with van der Waals surface area (Å²) in [6, 6.07) is 17.2. The molecule has 0 aromatic heterocycles. The molecule has 1 unspecified atom stereocenters. The number of benzene rings is 2. The molecule has 1 saturated heterocycles. The third-order valence-corrected chi connectivity index (χ3v) is 4.33. The molecule has 0 radical (unpaired) electrons. The Hall–Kier alpha value is -1.84. The van der Waals surface area contributed by atoms with Crippen molar-refractivity contribution in [3.8, 4) is 0 Å². The van der Waals surface area contributed by atoms with Gasteiger partial charge >= 0.3 is 0 Å². The van der Waals surface area contributed by atoms with Crippen LogP contribution in [0, 0.1) is 0 Å². The van der Waals surface area contributed by atoms with Gasteiger partial charge in [-0.25, -0.2) is 0 Å². The molecule has 1 heterocycles. The summed E-state index contributed by atoms with van der Waals surface area (Å²) in [5.41, 5.74) is 1.62. The number of anilines is 1. The molecular formula is C18H19ClN2O. The summed E-state index contributed by atoms with van der Waals surface area (Å²) in [7, 11) is 2.09. The first-order valence-electron chi connectivity index (χ1n) is 7.48. The third kappa shape index (κ3) is 3.16. The molecule has 114 valence electrons. The average molecular weight is 315 g/mol. The van der Waals surface area contributed by atoms with Crippen LogP contribution in [0.25, 0.3) is 0 Å². The second-order valence-corrected chi connectivity index (χ2v) is 6.16. The van der Waals surface area contributed by atoms with E-state index in [-0.39, 0.29) is 11.9 Å². The van der Waals surface area contributed by atoms with Crippen LogP contribution in [0.5, 0.6) is 0 Å². The number of likely N-dealkylation sites (N-methyl/N-ethyl adjacent to an activating group) is 1. The summed E-state index contributed by atoms with van der Waals surface area (Å²) in [5.74, 6) is 0.0307. The maximum Gasteiger partial charge on any atom is 0.258 e. The second kappa shape index (κ2) is 6.51. The van der Waals surface area contributed by atoms with Crippen molar-refractivity contribution in [2.75, 3.05) is 25.0 Å². The molecule has 2 aromatic rings. The number of rotatable bonds is 3. The Morgan fingerprint density at radius 1 is 1.14 bits per heavy atom. The fourth-order valence-corrected chi connectivity index (χ4v) is 3.06. The minimum atomic E-state index is 0.0307. The van der Waals surface area contributed by atoms with Crippen molar-refractivity contribution in [1.29, 1.82) is 0 Å². The van der Waals surface area contributed by atoms with E-state index in [9.17, 15) is 4.79 Å². The zero-order chi connectivity index (χ0) is 15.5. The van der Waals surface area contributed by atoms with Crippen LogP contribution in [0.3, 0.4) is 0 Å². The summed E-state index contributed by atoms with van der Waals surface area (Å²) in [6.07, 6.45) is 0.991. The number of para-hydroxylation sites is 1. The molecule has 0 bridgehead atoms. The van der Waals surface area contributed by atoms with E-state index in [1.54, 1.807) is 24.3 Å². The summed E-state index contributed by atoms with van der Waals surface area (Å²) in [6.45, 7) is 1.91. The zero-order valence-electron chi connectivity index (χ0n) is 12.6. The van der Waals surface area contributed by atoms with Gasteiger partial charge in [-0.3, -0.25) is 4.79 Å². The van der Waals surface area contributed by atoms with E-state index in [1.165, 1.54) is 0 Å². The fraction of sp³-hybridized carbons (Fsp3) is 0.278. The minimum absolute atomic E-state index is 0.0307. The van der Waals surface area contributed by atoms with Crippen molar-refractivity contribution >= 4 is 23.2 Å². The SMILES string of the molecule is CN1CCC(N(C(=O)c2ccc(Cl)cc2)c2ccccc2)C1. The van der Waals surface area contributed by atoms with Gasteiger partial charge < -0.3 is 9.80 Å². The molecule has 22 heavy (non-hydrogen) atoms. The molecule has 1 aliphatic heterocycles. The standard InChI is InChI=1S/C18H19ClN2O/c1-20-12-11-17(13-20)21(16-5-3-2-4-6-16)18(22)14-7-9-15(19)10-8-14/h2-10,17H,11-13H2,1H3. The van der Waals surface area contributed by atoms with E-state index in [0.29, 0.717) is 10.6 Å². The average Bonchev–Trinajstić information content (AvgIpc) is 2.95. The fourth-order valence-electron chi connectivity index (χ4n) is 2.94. The Morgan fingerprint density at radius 3 is 2.41 bits per heavy atom. The minimum Gasteiger partial charge on any atom is -0.304 e. The first-order chi connectivity index (χ1) is 10.6. The number of amides is 1. The largest absolute Gasteiger partial charge is 0.304 e. The Kier molecular flexibility index (Phi) is 4.46. The second-order valence-electron chi connectivity index (χ2n) is 5.72. The van der Waals surface area contributed by atoms with E-state index < -0.39 is 0 Å². The van der Waals surface area contributed by atoms with E-state index in [1.807, 2.05) is 35.2 Å². The number of hydrogen-bond donors (Lipinski definition) is 0. The van der Waals surface area contributed by atoms with Gasteiger partial charge in [-0.1, -0.05) is 29.8 Å². The van der Waals surface area contributed by atoms with Crippen molar-refractivity contribution in [2.45, 2.75) is 12.5 Å². The van der Waals surface area contributed by atoms with Gasteiger partial charge in [0.05, 0.1) is 6.04 Å². The maximum atomic E-state index is 13.0. The zero-order valence-corrected chi connectivity index (χ0v) is 13.3. The van der Waals surface area contributed by atoms with Crippen LogP contribution in [-0.2, 0) is 0 Å². The highest BCUT2D eigenvalue weighted by Crippen LogP contribution is 2.25. The van der Waals surface area contributed by atoms with E-state index in [0.717, 1.165) is 25.2 Å². The molecule has 0 N–H and O–H groups in total. The van der Waals surface area contributed by atoms with Crippen molar-refractivity contribution in [2.24, 2.45) is 0 Å². The normalized spacial score (nSPS) is 18.4. The lowest BCUT2D eigenvalue weighted by atomic mass is 10.1. The van der Waals surface area contributed by atoms with Gasteiger partial charge in [0.1, 0.15) is 0 Å². The smallest absolute Gasteiger partial charge is 0.258 e. The molecule has 3 rings (SSSR count). The lowest BCUT2D eigenvalue weighted by Crippen LogP contribution is -2.42. The molecule has 2 aromatic carbocycles. The first-order valence-corrected chi connectivity index (χ1v) is 7.85. The number of halogens is 1. The highest BCUT2D eigenvalue weighted by molar-refractivity contribution is 6.30. The van der Waals surface area contributed by atoms with E-state index >= 15 is 0 Å². The quantitative estimate of drug-likeness (QED) is 0.862. The summed E-state index contributed by atoms with van der Waals surface area (Å²) >= 11 is 5.93. The van der Waals surface area contributed by atoms with Gasteiger partial charge in [-0.2, -0.15) is 0 Å². The number of hydrogen-bond acceptors (Lipinski definition) is 2. The van der Waals surface area contributed by atoms with Crippen LogP contribution in [0.1, 0.15) is 16.8 Å². The first kappa shape index (κ1) is 15.1. The van der Waals surface area contributed by atoms with Gasteiger partial charge in [0.25, 0.3) is 5.91 Å². The topological polar surface area (TPSA) is 23.6 Å².